The number of aliphatic hydroxyl groups is 5. The number of rotatable bonds is 13. The van der Waals surface area contributed by atoms with Crippen LogP contribution in [0.1, 0.15) is 116 Å². The van der Waals surface area contributed by atoms with Crippen molar-refractivity contribution >= 4 is 22.8 Å². The van der Waals surface area contributed by atoms with Crippen molar-refractivity contribution in [2.45, 2.75) is 198 Å². The minimum Gasteiger partial charge on any atom is -0.459 e. The van der Waals surface area contributed by atoms with Crippen molar-refractivity contribution in [2.75, 3.05) is 34.3 Å². The Labute approximate surface area is 426 Å². The first-order valence-corrected chi connectivity index (χ1v) is 26.0. The highest BCUT2D eigenvalue weighted by atomic mass is 16.7. The molecule has 3 aliphatic heterocycles. The molecular formula is C55H86N4O13. The lowest BCUT2D eigenvalue weighted by molar-refractivity contribution is -0.318. The van der Waals surface area contributed by atoms with E-state index in [4.69, 9.17) is 28.4 Å². The third kappa shape index (κ3) is 13.1. The molecule has 6 rings (SSSR count). The zero-order valence-electron chi connectivity index (χ0n) is 44.9. The molecule has 4 heterocycles. The van der Waals surface area contributed by atoms with Crippen LogP contribution < -0.4 is 5.32 Å². The standard InChI is InChI=1S/C55H86N4O13/c1-14-43-55(10,66)47(61)35(6)58(11)29-31(2)26-53(8,65)49(33(4)46(34(5)51(64)70-43)71-44-27-54(9,67-13)48(62)36(7)69-44)72-52-45(60)42(25-32(3)68-52)59(12)30-37-19-21-38(22-20-37)50(63)56-24-23-39-28-57-41-18-16-15-17-40(39)41/h15-22,28,31-36,42-49,52,57,60-62,65-66H,14,23-27,29-30H2,1-13H3,(H,56,63)/t31-,32-,33+,34-,35-,36+,42+,43-,44+,45-,46+,47-,48+,49-,52+,53-,54-,55-/m1/s1. The van der Waals surface area contributed by atoms with Crippen LogP contribution >= 0.6 is 0 Å². The number of hydrogen-bond donors (Lipinski definition) is 7. The Kier molecular flexibility index (Phi) is 19.2. The van der Waals surface area contributed by atoms with Crippen molar-refractivity contribution in [1.82, 2.24) is 20.1 Å². The molecule has 7 N–H and O–H groups in total. The molecule has 17 heteroatoms. The third-order valence-electron chi connectivity index (χ3n) is 16.1. The molecule has 2 aromatic carbocycles. The Bertz CT molecular complexity index is 2220. The smallest absolute Gasteiger partial charge is 0.311 e. The topological polar surface area (TPSA) is 225 Å². The van der Waals surface area contributed by atoms with Crippen LogP contribution in [-0.4, -0.2) is 177 Å². The molecule has 1 amide bonds. The fourth-order valence-corrected chi connectivity index (χ4v) is 11.6. The molecule has 18 atom stereocenters. The third-order valence-corrected chi connectivity index (χ3v) is 16.1. The van der Waals surface area contributed by atoms with Crippen LogP contribution in [0.2, 0.25) is 0 Å². The highest BCUT2D eigenvalue weighted by Gasteiger charge is 2.53. The number of benzene rings is 2. The monoisotopic (exact) mass is 1010 g/mol. The molecule has 72 heavy (non-hydrogen) atoms. The van der Waals surface area contributed by atoms with Gasteiger partial charge < -0.3 is 69.2 Å². The van der Waals surface area contributed by atoms with Crippen LogP contribution in [0.5, 0.6) is 0 Å². The molecule has 3 fully saturated rings. The summed E-state index contributed by atoms with van der Waals surface area (Å²) >= 11 is 0. The first-order valence-electron chi connectivity index (χ1n) is 26.0. The van der Waals surface area contributed by atoms with Crippen molar-refractivity contribution < 1.29 is 63.5 Å². The molecule has 3 aromatic rings. The summed E-state index contributed by atoms with van der Waals surface area (Å²) in [5, 5.41) is 63.9. The number of para-hydroxylation sites is 1. The van der Waals surface area contributed by atoms with Gasteiger partial charge in [-0.3, -0.25) is 14.5 Å². The number of carbonyl (C=O) groups excluding carboxylic acids is 2. The number of likely N-dealkylation sites (N-methyl/N-ethyl adjacent to an activating group) is 2. The Hall–Kier alpha value is -3.56. The summed E-state index contributed by atoms with van der Waals surface area (Å²) in [6.07, 6.45) is -6.51. The van der Waals surface area contributed by atoms with Gasteiger partial charge in [-0.25, -0.2) is 0 Å². The molecule has 3 aliphatic rings. The van der Waals surface area contributed by atoms with Gasteiger partial charge in [0.1, 0.15) is 30.0 Å². The molecule has 3 saturated heterocycles. The lowest BCUT2D eigenvalue weighted by Gasteiger charge is -2.49. The van der Waals surface area contributed by atoms with E-state index in [9.17, 15) is 35.1 Å². The Morgan fingerprint density at radius 1 is 0.944 bits per heavy atom. The number of hydrogen-bond acceptors (Lipinski definition) is 15. The van der Waals surface area contributed by atoms with E-state index < -0.39 is 102 Å². The average molecular weight is 1010 g/mol. The summed E-state index contributed by atoms with van der Waals surface area (Å²) < 4.78 is 38.3. The van der Waals surface area contributed by atoms with Crippen LogP contribution in [0, 0.1) is 17.8 Å². The van der Waals surface area contributed by atoms with Crippen LogP contribution in [0.15, 0.2) is 54.7 Å². The van der Waals surface area contributed by atoms with Crippen molar-refractivity contribution in [3.05, 3.63) is 71.4 Å². The summed E-state index contributed by atoms with van der Waals surface area (Å²) in [4.78, 5) is 34.9. The van der Waals surface area contributed by atoms with Crippen LogP contribution in [0.4, 0.5) is 0 Å². The number of nitrogens with zero attached hydrogens (tertiary/aromatic N) is 2. The first kappa shape index (κ1) is 57.7. The number of aromatic amines is 1. The van der Waals surface area contributed by atoms with Gasteiger partial charge in [-0.05, 0) is 123 Å². The lowest BCUT2D eigenvalue weighted by Crippen LogP contribution is -2.60. The zero-order valence-corrected chi connectivity index (χ0v) is 44.9. The van der Waals surface area contributed by atoms with Gasteiger partial charge in [-0.1, -0.05) is 51.1 Å². The van der Waals surface area contributed by atoms with E-state index in [2.05, 4.69) is 16.4 Å². The van der Waals surface area contributed by atoms with Gasteiger partial charge in [0.2, 0.25) is 0 Å². The number of fused-ring (bicyclic) bond motifs is 1. The van der Waals surface area contributed by atoms with Gasteiger partial charge >= 0.3 is 5.97 Å². The summed E-state index contributed by atoms with van der Waals surface area (Å²) in [7, 11) is 5.26. The van der Waals surface area contributed by atoms with Gasteiger partial charge in [0.25, 0.3) is 5.91 Å². The van der Waals surface area contributed by atoms with E-state index in [0.717, 1.165) is 22.0 Å². The van der Waals surface area contributed by atoms with Crippen molar-refractivity contribution in [2.24, 2.45) is 17.8 Å². The summed E-state index contributed by atoms with van der Waals surface area (Å²) in [5.74, 6) is -2.97. The number of aliphatic hydroxyl groups excluding tert-OH is 3. The van der Waals surface area contributed by atoms with Crippen LogP contribution in [0.3, 0.4) is 0 Å². The van der Waals surface area contributed by atoms with E-state index >= 15 is 0 Å². The second-order valence-corrected chi connectivity index (χ2v) is 22.2. The highest BCUT2D eigenvalue weighted by Crippen LogP contribution is 2.40. The Morgan fingerprint density at radius 2 is 1.62 bits per heavy atom. The maximum atomic E-state index is 14.5. The molecule has 404 valence electrons. The Balaban J connectivity index is 1.24. The average Bonchev–Trinajstić information content (AvgIpc) is 3.75. The number of ether oxygens (including phenoxy) is 6. The van der Waals surface area contributed by atoms with E-state index in [1.807, 2.05) is 81.2 Å². The van der Waals surface area contributed by atoms with Gasteiger partial charge in [-0.2, -0.15) is 0 Å². The number of cyclic esters (lactones) is 1. The van der Waals surface area contributed by atoms with Gasteiger partial charge in [0.15, 0.2) is 12.6 Å². The SMILES string of the molecule is CC[C@H]1OC(=O)[C@H](C)[C@@H](O[C@H]2C[C@@](C)(OC)[C@@H](O)[C@H](C)O2)[C@H](C)[C@@H](O[C@@H]2O[C@H](C)C[C@H](N(C)Cc3ccc(C(=O)NCCc4c[nH]c5ccccc45)cc3)[C@H]2O)[C@](C)(O)C[C@@H](C)CN(C)[C@H](C)[C@@H](O)[C@]1(C)O. The number of carbonyl (C=O) groups is 2. The molecule has 0 spiro atoms. The number of H-pyrrole nitrogens is 1. The molecule has 0 bridgehead atoms. The number of esters is 1. The zero-order chi connectivity index (χ0) is 53.0. The van der Waals surface area contributed by atoms with Crippen molar-refractivity contribution in [1.29, 1.82) is 0 Å². The fourth-order valence-electron chi connectivity index (χ4n) is 11.6. The minimum atomic E-state index is -1.84. The fraction of sp³-hybridized carbons (Fsp3) is 0.709. The van der Waals surface area contributed by atoms with Gasteiger partial charge in [0, 0.05) is 73.8 Å². The van der Waals surface area contributed by atoms with Gasteiger partial charge in [0.05, 0.1) is 41.5 Å². The van der Waals surface area contributed by atoms with E-state index in [1.54, 1.807) is 53.7 Å². The summed E-state index contributed by atoms with van der Waals surface area (Å²) in [6, 6.07) is 14.5. The molecule has 0 saturated carbocycles. The van der Waals surface area contributed by atoms with Crippen LogP contribution in [0.25, 0.3) is 10.9 Å². The minimum absolute atomic E-state index is 0.0973. The molecule has 1 aromatic heterocycles. The quantitative estimate of drug-likeness (QED) is 0.113. The molecule has 0 unspecified atom stereocenters. The number of nitrogens with one attached hydrogen (secondary N) is 2. The first-order chi connectivity index (χ1) is 33.8. The highest BCUT2D eigenvalue weighted by molar-refractivity contribution is 5.94. The lowest BCUT2D eigenvalue weighted by atomic mass is 9.77. The summed E-state index contributed by atoms with van der Waals surface area (Å²) in [5.41, 5.74) is -0.873. The number of methoxy groups -OCH3 is 1. The Morgan fingerprint density at radius 3 is 2.29 bits per heavy atom. The number of amides is 1. The van der Waals surface area contributed by atoms with Gasteiger partial charge in [-0.15, -0.1) is 0 Å². The molecule has 17 nitrogen and oxygen atoms in total. The maximum absolute atomic E-state index is 14.5. The maximum Gasteiger partial charge on any atom is 0.311 e. The molecular weight excluding hydrogens is 925 g/mol. The number of aromatic nitrogens is 1. The van der Waals surface area contributed by atoms with Crippen LogP contribution in [-0.2, 0) is 46.2 Å². The van der Waals surface area contributed by atoms with E-state index in [1.165, 1.54) is 14.0 Å². The predicted molar refractivity (Wildman–Crippen MR) is 273 cm³/mol. The van der Waals surface area contributed by atoms with Crippen molar-refractivity contribution in [3.63, 3.8) is 0 Å². The largest absolute Gasteiger partial charge is 0.459 e. The second-order valence-electron chi connectivity index (χ2n) is 22.2. The van der Waals surface area contributed by atoms with Crippen molar-refractivity contribution in [3.8, 4) is 0 Å². The summed E-state index contributed by atoms with van der Waals surface area (Å²) in [6.45, 7) is 18.9. The van der Waals surface area contributed by atoms with E-state index in [-0.39, 0.29) is 37.2 Å². The second kappa shape index (κ2) is 24.0. The predicted octanol–water partition coefficient (Wildman–Crippen LogP) is 4.92. The molecule has 0 radical (unpaired) electrons. The molecule has 0 aliphatic carbocycles. The van der Waals surface area contributed by atoms with E-state index in [0.29, 0.717) is 38.0 Å². The normalized spacial score (nSPS) is 39.0.